The zero-order chi connectivity index (χ0) is 19.9. The van der Waals surface area contributed by atoms with Crippen molar-refractivity contribution in [3.8, 4) is 5.75 Å². The lowest BCUT2D eigenvalue weighted by atomic mass is 10.2. The number of ether oxygens (including phenoxy) is 2. The Bertz CT molecular complexity index is 793. The highest BCUT2D eigenvalue weighted by Gasteiger charge is 2.15. The van der Waals surface area contributed by atoms with Crippen molar-refractivity contribution in [2.75, 3.05) is 13.2 Å². The second-order valence-corrected chi connectivity index (χ2v) is 7.16. The first-order chi connectivity index (χ1) is 12.8. The Morgan fingerprint density at radius 3 is 2.85 bits per heavy atom. The predicted molar refractivity (Wildman–Crippen MR) is 102 cm³/mol. The number of hydrogen-bond acceptors (Lipinski definition) is 5. The fourth-order valence-electron chi connectivity index (χ4n) is 2.25. The van der Waals surface area contributed by atoms with E-state index in [4.69, 9.17) is 13.9 Å². The van der Waals surface area contributed by atoms with Gasteiger partial charge in [-0.2, -0.15) is 0 Å². The van der Waals surface area contributed by atoms with Gasteiger partial charge in [-0.25, -0.2) is 14.2 Å². The third-order valence-electron chi connectivity index (χ3n) is 3.49. The summed E-state index contributed by atoms with van der Waals surface area (Å²) >= 11 is 0. The molecule has 0 saturated carbocycles. The minimum Gasteiger partial charge on any atom is -0.486 e. The van der Waals surface area contributed by atoms with Crippen LogP contribution < -0.4 is 10.1 Å². The lowest BCUT2D eigenvalue weighted by Gasteiger charge is -2.19. The Balaban J connectivity index is 1.83. The summed E-state index contributed by atoms with van der Waals surface area (Å²) in [5.41, 5.74) is 0.784. The lowest BCUT2D eigenvalue weighted by Crippen LogP contribution is -2.32. The van der Waals surface area contributed by atoms with E-state index in [1.54, 1.807) is 39.0 Å². The molecule has 1 N–H and O–H groups in total. The van der Waals surface area contributed by atoms with E-state index in [1.165, 1.54) is 6.08 Å². The summed E-state index contributed by atoms with van der Waals surface area (Å²) < 4.78 is 30.0. The van der Waals surface area contributed by atoms with Gasteiger partial charge in [-0.05, 0) is 45.4 Å². The molecule has 148 valence electrons. The second-order valence-electron chi connectivity index (χ2n) is 7.16. The molecule has 2 rings (SSSR count). The summed E-state index contributed by atoms with van der Waals surface area (Å²) in [6, 6.07) is 5.21. The zero-order valence-electron chi connectivity index (χ0n) is 16.3. The van der Waals surface area contributed by atoms with E-state index >= 15 is 0 Å². The number of fused-ring (bicyclic) bond motifs is 1. The molecule has 0 fully saturated rings. The van der Waals surface area contributed by atoms with E-state index in [0.29, 0.717) is 17.2 Å². The Labute approximate surface area is 158 Å². The highest BCUT2D eigenvalue weighted by atomic mass is 19.1. The van der Waals surface area contributed by atoms with Crippen molar-refractivity contribution in [3.63, 3.8) is 0 Å². The normalized spacial score (nSPS) is 12.3. The fraction of sp³-hybridized carbons (Fsp3) is 0.500. The van der Waals surface area contributed by atoms with Crippen molar-refractivity contribution in [2.45, 2.75) is 52.6 Å². The number of nitrogens with zero attached hydrogens (tertiary/aromatic N) is 1. The van der Waals surface area contributed by atoms with Crippen LogP contribution in [-0.2, 0) is 11.2 Å². The molecule has 7 heteroatoms. The monoisotopic (exact) mass is 378 g/mol. The molecule has 0 unspecified atom stereocenters. The van der Waals surface area contributed by atoms with Gasteiger partial charge in [0.15, 0.2) is 11.5 Å². The van der Waals surface area contributed by atoms with Gasteiger partial charge in [-0.15, -0.1) is 0 Å². The summed E-state index contributed by atoms with van der Waals surface area (Å²) in [5.74, 6) is 0.694. The number of amides is 1. The van der Waals surface area contributed by atoms with Gasteiger partial charge in [0.2, 0.25) is 0 Å². The van der Waals surface area contributed by atoms with Gasteiger partial charge in [-0.1, -0.05) is 13.3 Å². The third kappa shape index (κ3) is 7.29. The quantitative estimate of drug-likeness (QED) is 0.705. The Hall–Kier alpha value is -2.57. The number of aromatic nitrogens is 1. The smallest absolute Gasteiger partial charge is 0.407 e. The maximum absolute atomic E-state index is 13.8. The minimum atomic E-state index is -0.595. The SMILES string of the molecule is CCCCc1nc2ccc(OC/C(F)=C\CNC(=O)OC(C)(C)C)cc2o1. The molecular weight excluding hydrogens is 351 g/mol. The molecule has 0 aliphatic rings. The first kappa shape index (κ1) is 20.7. The van der Waals surface area contributed by atoms with E-state index in [9.17, 15) is 9.18 Å². The van der Waals surface area contributed by atoms with Crippen LogP contribution in [0.5, 0.6) is 5.75 Å². The molecule has 0 saturated heterocycles. The molecule has 1 aromatic heterocycles. The number of benzene rings is 1. The fourth-order valence-corrected chi connectivity index (χ4v) is 2.25. The van der Waals surface area contributed by atoms with E-state index < -0.39 is 17.5 Å². The van der Waals surface area contributed by atoms with E-state index in [0.717, 1.165) is 24.8 Å². The van der Waals surface area contributed by atoms with Gasteiger partial charge in [0.25, 0.3) is 0 Å². The van der Waals surface area contributed by atoms with Crippen molar-refractivity contribution < 1.29 is 23.1 Å². The van der Waals surface area contributed by atoms with Crippen LogP contribution >= 0.6 is 0 Å². The molecule has 0 atom stereocenters. The Morgan fingerprint density at radius 2 is 2.15 bits per heavy atom. The van der Waals surface area contributed by atoms with Crippen LogP contribution in [-0.4, -0.2) is 29.8 Å². The lowest BCUT2D eigenvalue weighted by molar-refractivity contribution is 0.0534. The van der Waals surface area contributed by atoms with E-state index in [-0.39, 0.29) is 13.2 Å². The molecule has 0 aliphatic carbocycles. The first-order valence-electron chi connectivity index (χ1n) is 9.10. The van der Waals surface area contributed by atoms with Crippen LogP contribution in [0.15, 0.2) is 34.5 Å². The number of oxazole rings is 1. The predicted octanol–water partition coefficient (Wildman–Crippen LogP) is 4.93. The number of unbranched alkanes of at least 4 members (excludes halogenated alkanes) is 1. The molecule has 1 aromatic carbocycles. The van der Waals surface area contributed by atoms with Crippen molar-refractivity contribution >= 4 is 17.2 Å². The number of aryl methyl sites for hydroxylation is 1. The van der Waals surface area contributed by atoms with Gasteiger partial charge < -0.3 is 19.2 Å². The Kier molecular flexibility index (Phi) is 7.21. The number of carbonyl (C=O) groups is 1. The largest absolute Gasteiger partial charge is 0.486 e. The van der Waals surface area contributed by atoms with Gasteiger partial charge in [0.1, 0.15) is 29.3 Å². The molecule has 6 nitrogen and oxygen atoms in total. The molecule has 1 heterocycles. The second kappa shape index (κ2) is 9.39. The molecular formula is C20H27FN2O4. The molecule has 27 heavy (non-hydrogen) atoms. The zero-order valence-corrected chi connectivity index (χ0v) is 16.3. The van der Waals surface area contributed by atoms with Crippen LogP contribution in [0.4, 0.5) is 9.18 Å². The molecule has 0 radical (unpaired) electrons. The number of halogens is 1. The number of hydrogen-bond donors (Lipinski definition) is 1. The molecule has 0 aliphatic heterocycles. The van der Waals surface area contributed by atoms with Crippen LogP contribution in [0.1, 0.15) is 46.4 Å². The number of alkyl carbamates (subject to hydrolysis) is 1. The highest BCUT2D eigenvalue weighted by Crippen LogP contribution is 2.23. The van der Waals surface area contributed by atoms with Crippen molar-refractivity contribution in [3.05, 3.63) is 36.0 Å². The first-order valence-corrected chi connectivity index (χ1v) is 9.10. The topological polar surface area (TPSA) is 73.6 Å². The van der Waals surface area contributed by atoms with E-state index in [2.05, 4.69) is 17.2 Å². The van der Waals surface area contributed by atoms with Gasteiger partial charge in [0, 0.05) is 19.0 Å². The Morgan fingerprint density at radius 1 is 1.37 bits per heavy atom. The van der Waals surface area contributed by atoms with Crippen LogP contribution in [0, 0.1) is 0 Å². The number of rotatable bonds is 8. The molecule has 1 amide bonds. The highest BCUT2D eigenvalue weighted by molar-refractivity contribution is 5.74. The molecule has 2 aromatic rings. The van der Waals surface area contributed by atoms with Crippen LogP contribution in [0.25, 0.3) is 11.1 Å². The minimum absolute atomic E-state index is 0.0199. The number of carbonyl (C=O) groups excluding carboxylic acids is 1. The number of nitrogens with one attached hydrogen (secondary N) is 1. The van der Waals surface area contributed by atoms with Gasteiger partial charge in [-0.3, -0.25) is 0 Å². The van der Waals surface area contributed by atoms with Crippen molar-refractivity contribution in [1.82, 2.24) is 10.3 Å². The van der Waals surface area contributed by atoms with Crippen LogP contribution in [0.3, 0.4) is 0 Å². The summed E-state index contributed by atoms with van der Waals surface area (Å²) in [7, 11) is 0. The van der Waals surface area contributed by atoms with Gasteiger partial charge >= 0.3 is 6.09 Å². The summed E-state index contributed by atoms with van der Waals surface area (Å²) in [6.07, 6.45) is 3.52. The molecule has 0 bridgehead atoms. The third-order valence-corrected chi connectivity index (χ3v) is 3.49. The maximum Gasteiger partial charge on any atom is 0.407 e. The standard InChI is InChI=1S/C20H27FN2O4/c1-5-6-7-18-23-16-9-8-15(12-17(16)26-18)25-13-14(21)10-11-22-19(24)27-20(2,3)4/h8-10,12H,5-7,11,13H2,1-4H3,(H,22,24)/b14-10+. The summed E-state index contributed by atoms with van der Waals surface area (Å²) in [5, 5.41) is 2.46. The summed E-state index contributed by atoms with van der Waals surface area (Å²) in [6.45, 7) is 7.17. The summed E-state index contributed by atoms with van der Waals surface area (Å²) in [4.78, 5) is 15.9. The van der Waals surface area contributed by atoms with Crippen molar-refractivity contribution in [1.29, 1.82) is 0 Å². The van der Waals surface area contributed by atoms with E-state index in [1.807, 2.05) is 0 Å². The average molecular weight is 378 g/mol. The average Bonchev–Trinajstić information content (AvgIpc) is 2.98. The van der Waals surface area contributed by atoms with Gasteiger partial charge in [0.05, 0.1) is 0 Å². The van der Waals surface area contributed by atoms with Crippen LogP contribution in [0.2, 0.25) is 0 Å². The van der Waals surface area contributed by atoms with Crippen molar-refractivity contribution in [2.24, 2.45) is 0 Å². The maximum atomic E-state index is 13.8. The molecule has 0 spiro atoms.